The fourth-order valence-corrected chi connectivity index (χ4v) is 2.23. The zero-order valence-electron chi connectivity index (χ0n) is 9.67. The number of amides is 1. The van der Waals surface area contributed by atoms with Gasteiger partial charge in [0.15, 0.2) is 0 Å². The summed E-state index contributed by atoms with van der Waals surface area (Å²) in [7, 11) is 0. The number of aliphatic carboxylic acids is 1. The average molecular weight is 269 g/mol. The SMILES string of the molecule is O=C(O)CC1CCC(=O)N1Cc1ccc(Cl)nc1. The molecule has 18 heavy (non-hydrogen) atoms. The highest BCUT2D eigenvalue weighted by molar-refractivity contribution is 6.29. The van der Waals surface area contributed by atoms with Crippen LogP contribution in [0.5, 0.6) is 0 Å². The Hall–Kier alpha value is -1.62. The first-order valence-corrected chi connectivity index (χ1v) is 6.06. The normalized spacial score (nSPS) is 19.3. The molecule has 1 aromatic rings. The maximum atomic E-state index is 11.7. The molecule has 1 atom stereocenters. The van der Waals surface area contributed by atoms with Crippen LogP contribution in [0.25, 0.3) is 0 Å². The van der Waals surface area contributed by atoms with Crippen LogP contribution in [-0.2, 0) is 16.1 Å². The number of hydrogen-bond acceptors (Lipinski definition) is 3. The number of carboxylic acids is 1. The van der Waals surface area contributed by atoms with E-state index in [-0.39, 0.29) is 18.4 Å². The van der Waals surface area contributed by atoms with E-state index >= 15 is 0 Å². The van der Waals surface area contributed by atoms with Gasteiger partial charge >= 0.3 is 5.97 Å². The van der Waals surface area contributed by atoms with Gasteiger partial charge < -0.3 is 10.0 Å². The van der Waals surface area contributed by atoms with E-state index in [0.29, 0.717) is 24.5 Å². The Morgan fingerprint density at radius 3 is 2.94 bits per heavy atom. The molecule has 2 rings (SSSR count). The van der Waals surface area contributed by atoms with Crippen LogP contribution in [-0.4, -0.2) is 32.9 Å². The largest absolute Gasteiger partial charge is 0.481 e. The van der Waals surface area contributed by atoms with E-state index in [0.717, 1.165) is 5.56 Å². The van der Waals surface area contributed by atoms with Crippen LogP contribution in [0.4, 0.5) is 0 Å². The summed E-state index contributed by atoms with van der Waals surface area (Å²) in [5, 5.41) is 9.21. The van der Waals surface area contributed by atoms with Crippen molar-refractivity contribution < 1.29 is 14.7 Å². The third-order valence-corrected chi connectivity index (χ3v) is 3.23. The number of carboxylic acid groups (broad SMARTS) is 1. The lowest BCUT2D eigenvalue weighted by Crippen LogP contribution is -2.34. The first-order valence-electron chi connectivity index (χ1n) is 5.68. The van der Waals surface area contributed by atoms with Gasteiger partial charge in [0, 0.05) is 25.2 Å². The van der Waals surface area contributed by atoms with Gasteiger partial charge in [-0.3, -0.25) is 9.59 Å². The van der Waals surface area contributed by atoms with Gasteiger partial charge in [-0.1, -0.05) is 17.7 Å². The highest BCUT2D eigenvalue weighted by atomic mass is 35.5. The topological polar surface area (TPSA) is 70.5 Å². The van der Waals surface area contributed by atoms with E-state index in [2.05, 4.69) is 4.98 Å². The van der Waals surface area contributed by atoms with Crippen LogP contribution in [0.2, 0.25) is 5.15 Å². The Labute approximate surface area is 109 Å². The number of hydrogen-bond donors (Lipinski definition) is 1. The van der Waals surface area contributed by atoms with Crippen molar-refractivity contribution in [2.45, 2.75) is 31.8 Å². The molecule has 6 heteroatoms. The molecular weight excluding hydrogens is 256 g/mol. The summed E-state index contributed by atoms with van der Waals surface area (Å²) >= 11 is 5.69. The molecule has 0 radical (unpaired) electrons. The van der Waals surface area contributed by atoms with E-state index in [4.69, 9.17) is 16.7 Å². The summed E-state index contributed by atoms with van der Waals surface area (Å²) in [6.45, 7) is 0.390. The smallest absolute Gasteiger partial charge is 0.305 e. The second-order valence-electron chi connectivity index (χ2n) is 4.30. The predicted molar refractivity (Wildman–Crippen MR) is 65.1 cm³/mol. The second-order valence-corrected chi connectivity index (χ2v) is 4.69. The van der Waals surface area contributed by atoms with Crippen molar-refractivity contribution in [2.75, 3.05) is 0 Å². The standard InChI is InChI=1S/C12H13ClN2O3/c13-10-3-1-8(6-14-10)7-15-9(5-12(17)18)2-4-11(15)16/h1,3,6,9H,2,4-5,7H2,(H,17,18). The van der Waals surface area contributed by atoms with Crippen LogP contribution in [0.15, 0.2) is 18.3 Å². The molecule has 1 aliphatic heterocycles. The Balaban J connectivity index is 2.07. The fraction of sp³-hybridized carbons (Fsp3) is 0.417. The monoisotopic (exact) mass is 268 g/mol. The lowest BCUT2D eigenvalue weighted by molar-refractivity contribution is -0.139. The van der Waals surface area contributed by atoms with Crippen molar-refractivity contribution in [1.29, 1.82) is 0 Å². The molecule has 0 spiro atoms. The third-order valence-electron chi connectivity index (χ3n) is 3.00. The Bertz CT molecular complexity index is 461. The number of nitrogens with zero attached hydrogens (tertiary/aromatic N) is 2. The van der Waals surface area contributed by atoms with Gasteiger partial charge in [-0.05, 0) is 18.1 Å². The summed E-state index contributed by atoms with van der Waals surface area (Å²) in [5.41, 5.74) is 0.852. The van der Waals surface area contributed by atoms with Crippen molar-refractivity contribution in [3.8, 4) is 0 Å². The molecule has 1 fully saturated rings. The first kappa shape index (κ1) is 12.8. The van der Waals surface area contributed by atoms with Crippen LogP contribution in [0.1, 0.15) is 24.8 Å². The zero-order valence-corrected chi connectivity index (χ0v) is 10.4. The molecule has 0 aliphatic carbocycles. The molecule has 2 heterocycles. The van der Waals surface area contributed by atoms with Crippen LogP contribution < -0.4 is 0 Å². The number of carbonyl (C=O) groups is 2. The molecule has 96 valence electrons. The zero-order chi connectivity index (χ0) is 13.1. The molecule has 1 amide bonds. The summed E-state index contributed by atoms with van der Waals surface area (Å²) in [6, 6.07) is 3.23. The molecular formula is C12H13ClN2O3. The third kappa shape index (κ3) is 2.98. The molecule has 1 N–H and O–H groups in total. The van der Waals surface area contributed by atoms with Crippen molar-refractivity contribution in [3.63, 3.8) is 0 Å². The molecule has 5 nitrogen and oxygen atoms in total. The van der Waals surface area contributed by atoms with Crippen molar-refractivity contribution >= 4 is 23.5 Å². The van der Waals surface area contributed by atoms with E-state index in [1.54, 1.807) is 23.2 Å². The van der Waals surface area contributed by atoms with Crippen LogP contribution in [0, 0.1) is 0 Å². The van der Waals surface area contributed by atoms with E-state index in [1.165, 1.54) is 0 Å². The summed E-state index contributed by atoms with van der Waals surface area (Å²) in [6.07, 6.45) is 2.61. The minimum absolute atomic E-state index is 0.00352. The van der Waals surface area contributed by atoms with E-state index < -0.39 is 5.97 Å². The maximum absolute atomic E-state index is 11.7. The van der Waals surface area contributed by atoms with Gasteiger partial charge in [-0.2, -0.15) is 0 Å². The Morgan fingerprint density at radius 2 is 2.33 bits per heavy atom. The van der Waals surface area contributed by atoms with Gasteiger partial charge in [0.1, 0.15) is 5.15 Å². The minimum atomic E-state index is -0.881. The first-order chi connectivity index (χ1) is 8.56. The Kier molecular flexibility index (Phi) is 3.81. The van der Waals surface area contributed by atoms with Gasteiger partial charge in [0.05, 0.1) is 6.42 Å². The number of halogens is 1. The summed E-state index contributed by atoms with van der Waals surface area (Å²) < 4.78 is 0. The number of carbonyl (C=O) groups excluding carboxylic acids is 1. The lowest BCUT2D eigenvalue weighted by Gasteiger charge is -2.23. The van der Waals surface area contributed by atoms with Crippen molar-refractivity contribution in [1.82, 2.24) is 9.88 Å². The van der Waals surface area contributed by atoms with E-state index in [9.17, 15) is 9.59 Å². The van der Waals surface area contributed by atoms with Crippen LogP contribution in [0.3, 0.4) is 0 Å². The van der Waals surface area contributed by atoms with E-state index in [1.807, 2.05) is 0 Å². The van der Waals surface area contributed by atoms with Gasteiger partial charge in [-0.25, -0.2) is 4.98 Å². The number of likely N-dealkylation sites (tertiary alicyclic amines) is 1. The fourth-order valence-electron chi connectivity index (χ4n) is 2.12. The molecule has 1 aromatic heterocycles. The van der Waals surface area contributed by atoms with Gasteiger partial charge in [0.25, 0.3) is 0 Å². The summed E-state index contributed by atoms with van der Waals surface area (Å²) in [5.74, 6) is -0.884. The summed E-state index contributed by atoms with van der Waals surface area (Å²) in [4.78, 5) is 28.0. The quantitative estimate of drug-likeness (QED) is 0.844. The number of rotatable bonds is 4. The number of aromatic nitrogens is 1. The van der Waals surface area contributed by atoms with Gasteiger partial charge in [0.2, 0.25) is 5.91 Å². The maximum Gasteiger partial charge on any atom is 0.305 e. The molecule has 0 bridgehead atoms. The molecule has 0 saturated carbocycles. The lowest BCUT2D eigenvalue weighted by atomic mass is 10.1. The molecule has 1 saturated heterocycles. The molecule has 1 aliphatic rings. The number of pyridine rings is 1. The van der Waals surface area contributed by atoms with Gasteiger partial charge in [-0.15, -0.1) is 0 Å². The van der Waals surface area contributed by atoms with Crippen LogP contribution >= 0.6 is 11.6 Å². The second kappa shape index (κ2) is 5.35. The molecule has 1 unspecified atom stereocenters. The highest BCUT2D eigenvalue weighted by Gasteiger charge is 2.32. The minimum Gasteiger partial charge on any atom is -0.481 e. The average Bonchev–Trinajstić information content (AvgIpc) is 2.64. The van der Waals surface area contributed by atoms with Crippen molar-refractivity contribution in [2.24, 2.45) is 0 Å². The van der Waals surface area contributed by atoms with Crippen molar-refractivity contribution in [3.05, 3.63) is 29.0 Å². The Morgan fingerprint density at radius 1 is 1.56 bits per heavy atom. The molecule has 0 aromatic carbocycles. The highest BCUT2D eigenvalue weighted by Crippen LogP contribution is 2.23. The predicted octanol–water partition coefficient (Wildman–Crippen LogP) is 1.70.